The number of hydrogen-bond acceptors (Lipinski definition) is 4. The third kappa shape index (κ3) is 3.58. The maximum absolute atomic E-state index is 12.3. The second-order valence-electron chi connectivity index (χ2n) is 6.03. The second-order valence-corrected chi connectivity index (χ2v) is 6.03. The number of rotatable bonds is 6. The Morgan fingerprint density at radius 1 is 0.889 bits per heavy atom. The summed E-state index contributed by atoms with van der Waals surface area (Å²) in [4.78, 5) is 12.3. The summed E-state index contributed by atoms with van der Waals surface area (Å²) in [7, 11) is 0. The Bertz CT molecular complexity index is 1100. The van der Waals surface area contributed by atoms with Gasteiger partial charge in [0.05, 0.1) is 6.61 Å². The van der Waals surface area contributed by atoms with Crippen LogP contribution in [0.2, 0.25) is 0 Å². The first-order valence-corrected chi connectivity index (χ1v) is 8.80. The third-order valence-electron chi connectivity index (χ3n) is 4.17. The molecule has 5 heteroatoms. The monoisotopic (exact) mass is 361 g/mol. The quantitative estimate of drug-likeness (QED) is 0.525. The van der Waals surface area contributed by atoms with E-state index in [1.54, 1.807) is 6.07 Å². The Hall–Kier alpha value is -3.47. The maximum atomic E-state index is 12.3. The standard InChI is InChI=1S/C22H19NO4/c1-2-25-20-9-5-6-10-21(20)26-14-22(24)23-15-11-12-19-17(13-15)16-7-3-4-8-18(16)27-19/h3-13H,2,14H2,1H3,(H,23,24). The van der Waals surface area contributed by atoms with Crippen LogP contribution in [0.3, 0.4) is 0 Å². The average Bonchev–Trinajstić information content (AvgIpc) is 3.06. The van der Waals surface area contributed by atoms with Gasteiger partial charge in [-0.1, -0.05) is 30.3 Å². The zero-order chi connectivity index (χ0) is 18.6. The van der Waals surface area contributed by atoms with Crippen molar-refractivity contribution >= 4 is 33.5 Å². The SMILES string of the molecule is CCOc1ccccc1OCC(=O)Nc1ccc2oc3ccccc3c2c1. The molecule has 0 aliphatic heterocycles. The number of carbonyl (C=O) groups is 1. The van der Waals surface area contributed by atoms with Crippen molar-refractivity contribution < 1.29 is 18.7 Å². The summed E-state index contributed by atoms with van der Waals surface area (Å²) in [6, 6.07) is 20.7. The summed E-state index contributed by atoms with van der Waals surface area (Å²) in [5, 5.41) is 4.85. The number of fused-ring (bicyclic) bond motifs is 3. The topological polar surface area (TPSA) is 60.7 Å². The van der Waals surface area contributed by atoms with Crippen LogP contribution in [0.1, 0.15) is 6.92 Å². The Morgan fingerprint density at radius 3 is 2.41 bits per heavy atom. The summed E-state index contributed by atoms with van der Waals surface area (Å²) in [5.41, 5.74) is 2.31. The van der Waals surface area contributed by atoms with Crippen LogP contribution in [0, 0.1) is 0 Å². The van der Waals surface area contributed by atoms with E-state index in [2.05, 4.69) is 5.32 Å². The molecular weight excluding hydrogens is 342 g/mol. The van der Waals surface area contributed by atoms with E-state index >= 15 is 0 Å². The van der Waals surface area contributed by atoms with Gasteiger partial charge in [-0.2, -0.15) is 0 Å². The van der Waals surface area contributed by atoms with Gasteiger partial charge >= 0.3 is 0 Å². The Kier molecular flexibility index (Phi) is 4.66. The fraction of sp³-hybridized carbons (Fsp3) is 0.136. The molecule has 4 aromatic rings. The number of carbonyl (C=O) groups excluding carboxylic acids is 1. The number of furan rings is 1. The minimum absolute atomic E-state index is 0.103. The van der Waals surface area contributed by atoms with Crippen molar-refractivity contribution in [1.82, 2.24) is 0 Å². The molecule has 0 unspecified atom stereocenters. The molecule has 0 bridgehead atoms. The van der Waals surface area contributed by atoms with Crippen molar-refractivity contribution in [3.63, 3.8) is 0 Å². The van der Waals surface area contributed by atoms with E-state index in [0.29, 0.717) is 23.8 Å². The first kappa shape index (κ1) is 17.0. The summed E-state index contributed by atoms with van der Waals surface area (Å²) in [6.07, 6.45) is 0. The lowest BCUT2D eigenvalue weighted by Gasteiger charge is -2.11. The van der Waals surface area contributed by atoms with Gasteiger partial charge in [0, 0.05) is 16.5 Å². The minimum atomic E-state index is -0.242. The van der Waals surface area contributed by atoms with Crippen LogP contribution in [0.15, 0.2) is 71.1 Å². The molecule has 1 N–H and O–H groups in total. The highest BCUT2D eigenvalue weighted by molar-refractivity contribution is 6.07. The molecule has 0 saturated heterocycles. The van der Waals surface area contributed by atoms with Gasteiger partial charge in [0.25, 0.3) is 5.91 Å². The lowest BCUT2D eigenvalue weighted by molar-refractivity contribution is -0.118. The summed E-state index contributed by atoms with van der Waals surface area (Å²) < 4.78 is 16.9. The molecule has 136 valence electrons. The van der Waals surface area contributed by atoms with Crippen molar-refractivity contribution in [3.8, 4) is 11.5 Å². The largest absolute Gasteiger partial charge is 0.490 e. The summed E-state index contributed by atoms with van der Waals surface area (Å²) in [6.45, 7) is 2.33. The summed E-state index contributed by atoms with van der Waals surface area (Å²) >= 11 is 0. The number of benzene rings is 3. The van der Waals surface area contributed by atoms with Gasteiger partial charge in [-0.25, -0.2) is 0 Å². The van der Waals surface area contributed by atoms with Crippen LogP contribution >= 0.6 is 0 Å². The Labute approximate surface area is 156 Å². The molecule has 1 heterocycles. The fourth-order valence-electron chi connectivity index (χ4n) is 2.99. The van der Waals surface area contributed by atoms with E-state index in [4.69, 9.17) is 13.9 Å². The molecule has 0 radical (unpaired) electrons. The molecule has 27 heavy (non-hydrogen) atoms. The molecule has 0 aliphatic rings. The second kappa shape index (κ2) is 7.41. The molecule has 0 aliphatic carbocycles. The number of anilines is 1. The molecule has 3 aromatic carbocycles. The van der Waals surface area contributed by atoms with Gasteiger partial charge in [-0.15, -0.1) is 0 Å². The van der Waals surface area contributed by atoms with Crippen LogP contribution in [0.4, 0.5) is 5.69 Å². The number of hydrogen-bond donors (Lipinski definition) is 1. The van der Waals surface area contributed by atoms with Gasteiger partial charge < -0.3 is 19.2 Å². The number of para-hydroxylation sites is 3. The van der Waals surface area contributed by atoms with Crippen LogP contribution in [-0.2, 0) is 4.79 Å². The van der Waals surface area contributed by atoms with Gasteiger partial charge in [-0.05, 0) is 43.3 Å². The molecule has 0 atom stereocenters. The fourth-order valence-corrected chi connectivity index (χ4v) is 2.99. The molecule has 1 amide bonds. The lowest BCUT2D eigenvalue weighted by Crippen LogP contribution is -2.20. The van der Waals surface area contributed by atoms with Crippen molar-refractivity contribution in [1.29, 1.82) is 0 Å². The van der Waals surface area contributed by atoms with Crippen LogP contribution in [-0.4, -0.2) is 19.1 Å². The van der Waals surface area contributed by atoms with E-state index < -0.39 is 0 Å². The van der Waals surface area contributed by atoms with Gasteiger partial charge in [0.15, 0.2) is 18.1 Å². The molecule has 4 rings (SSSR count). The van der Waals surface area contributed by atoms with Crippen LogP contribution in [0.25, 0.3) is 21.9 Å². The van der Waals surface area contributed by atoms with E-state index in [0.717, 1.165) is 21.9 Å². The van der Waals surface area contributed by atoms with Crippen LogP contribution in [0.5, 0.6) is 11.5 Å². The first-order chi connectivity index (χ1) is 13.2. The third-order valence-corrected chi connectivity index (χ3v) is 4.17. The van der Waals surface area contributed by atoms with Crippen molar-refractivity contribution in [2.45, 2.75) is 6.92 Å². The van der Waals surface area contributed by atoms with E-state index in [1.807, 2.05) is 67.6 Å². The summed E-state index contributed by atoms with van der Waals surface area (Å²) in [5.74, 6) is 0.929. The van der Waals surface area contributed by atoms with E-state index in [1.165, 1.54) is 0 Å². The van der Waals surface area contributed by atoms with Crippen molar-refractivity contribution in [2.75, 3.05) is 18.5 Å². The van der Waals surface area contributed by atoms with Gasteiger partial charge in [-0.3, -0.25) is 4.79 Å². The first-order valence-electron chi connectivity index (χ1n) is 8.80. The van der Waals surface area contributed by atoms with Crippen molar-refractivity contribution in [3.05, 3.63) is 66.7 Å². The zero-order valence-corrected chi connectivity index (χ0v) is 14.9. The predicted molar refractivity (Wildman–Crippen MR) is 105 cm³/mol. The van der Waals surface area contributed by atoms with Gasteiger partial charge in [0.1, 0.15) is 11.2 Å². The highest BCUT2D eigenvalue weighted by Crippen LogP contribution is 2.30. The normalized spacial score (nSPS) is 10.9. The van der Waals surface area contributed by atoms with Crippen molar-refractivity contribution in [2.24, 2.45) is 0 Å². The number of ether oxygens (including phenoxy) is 2. The lowest BCUT2D eigenvalue weighted by atomic mass is 10.1. The molecule has 5 nitrogen and oxygen atoms in total. The minimum Gasteiger partial charge on any atom is -0.490 e. The average molecular weight is 361 g/mol. The smallest absolute Gasteiger partial charge is 0.262 e. The van der Waals surface area contributed by atoms with Gasteiger partial charge in [0.2, 0.25) is 0 Å². The molecule has 0 saturated carbocycles. The molecule has 1 aromatic heterocycles. The molecular formula is C22H19NO4. The zero-order valence-electron chi connectivity index (χ0n) is 14.9. The van der Waals surface area contributed by atoms with E-state index in [-0.39, 0.29) is 12.5 Å². The van der Waals surface area contributed by atoms with Crippen LogP contribution < -0.4 is 14.8 Å². The predicted octanol–water partition coefficient (Wildman–Crippen LogP) is 5.00. The highest BCUT2D eigenvalue weighted by Gasteiger charge is 2.10. The molecule has 0 spiro atoms. The highest BCUT2D eigenvalue weighted by atomic mass is 16.5. The maximum Gasteiger partial charge on any atom is 0.262 e. The number of amides is 1. The van der Waals surface area contributed by atoms with E-state index in [9.17, 15) is 4.79 Å². The number of nitrogens with one attached hydrogen (secondary N) is 1. The Balaban J connectivity index is 1.47. The Morgan fingerprint density at radius 2 is 1.59 bits per heavy atom. The molecule has 0 fully saturated rings.